The van der Waals surface area contributed by atoms with E-state index in [2.05, 4.69) is 34.6 Å². The van der Waals surface area contributed by atoms with Crippen LogP contribution in [0, 0.1) is 5.41 Å². The van der Waals surface area contributed by atoms with Crippen LogP contribution in [0.2, 0.25) is 0 Å². The molecule has 28 heavy (non-hydrogen) atoms. The maximum Gasteiger partial charge on any atom is 0.495 e. The highest BCUT2D eigenvalue weighted by atomic mass is 16.7. The van der Waals surface area contributed by atoms with Gasteiger partial charge in [-0.15, -0.1) is 0 Å². The SMILES string of the molecule is CCc1cc(OCC(CC)(CC)C(=O)OC)ccc1B1OC(C)(C)C(C)(C)O1. The van der Waals surface area contributed by atoms with Gasteiger partial charge in [0.05, 0.1) is 18.3 Å². The molecule has 1 aliphatic rings. The normalized spacial score (nSPS) is 18.2. The number of hydrogen-bond donors (Lipinski definition) is 0. The number of methoxy groups -OCH3 is 1. The molecule has 0 atom stereocenters. The lowest BCUT2D eigenvalue weighted by molar-refractivity contribution is -0.155. The van der Waals surface area contributed by atoms with Gasteiger partial charge in [-0.2, -0.15) is 0 Å². The Morgan fingerprint density at radius 2 is 1.64 bits per heavy atom. The van der Waals surface area contributed by atoms with Crippen molar-refractivity contribution in [3.63, 3.8) is 0 Å². The van der Waals surface area contributed by atoms with Gasteiger partial charge in [0.2, 0.25) is 0 Å². The summed E-state index contributed by atoms with van der Waals surface area (Å²) >= 11 is 0. The van der Waals surface area contributed by atoms with Gasteiger partial charge in [0.1, 0.15) is 17.8 Å². The second-order valence-corrected chi connectivity index (χ2v) is 8.57. The zero-order chi connectivity index (χ0) is 21.2. The van der Waals surface area contributed by atoms with Crippen molar-refractivity contribution in [2.24, 2.45) is 5.41 Å². The van der Waals surface area contributed by atoms with Gasteiger partial charge in [-0.3, -0.25) is 4.79 Å². The summed E-state index contributed by atoms with van der Waals surface area (Å²) in [6.07, 6.45) is 2.17. The first-order chi connectivity index (χ1) is 13.1. The number of hydrogen-bond acceptors (Lipinski definition) is 5. The number of aryl methyl sites for hydroxylation is 1. The highest BCUT2D eigenvalue weighted by Gasteiger charge is 2.52. The topological polar surface area (TPSA) is 54.0 Å². The van der Waals surface area contributed by atoms with Crippen LogP contribution >= 0.6 is 0 Å². The standard InChI is InChI=1S/C22H35BO5/c1-9-16-14-17(26-15-22(10-2,11-3)19(24)25-8)12-13-18(16)23-27-20(4,5)21(6,7)28-23/h12-14H,9-11,15H2,1-8H3. The van der Waals surface area contributed by atoms with E-state index < -0.39 is 12.5 Å². The number of benzene rings is 1. The molecule has 0 bridgehead atoms. The second-order valence-electron chi connectivity index (χ2n) is 8.57. The fourth-order valence-electron chi connectivity index (χ4n) is 3.42. The Bertz CT molecular complexity index is 678. The molecule has 1 heterocycles. The van der Waals surface area contributed by atoms with Gasteiger partial charge >= 0.3 is 13.1 Å². The molecule has 0 amide bonds. The van der Waals surface area contributed by atoms with E-state index in [-0.39, 0.29) is 17.2 Å². The Kier molecular flexibility index (Phi) is 6.88. The van der Waals surface area contributed by atoms with E-state index in [0.29, 0.717) is 19.4 Å². The average molecular weight is 390 g/mol. The van der Waals surface area contributed by atoms with Crippen molar-refractivity contribution in [1.29, 1.82) is 0 Å². The zero-order valence-electron chi connectivity index (χ0n) is 18.7. The van der Waals surface area contributed by atoms with E-state index in [1.807, 2.05) is 32.0 Å². The Morgan fingerprint density at radius 3 is 2.11 bits per heavy atom. The monoisotopic (exact) mass is 390 g/mol. The predicted molar refractivity (Wildman–Crippen MR) is 112 cm³/mol. The van der Waals surface area contributed by atoms with Gasteiger partial charge in [-0.1, -0.05) is 26.8 Å². The van der Waals surface area contributed by atoms with Crippen molar-refractivity contribution < 1.29 is 23.6 Å². The van der Waals surface area contributed by atoms with Gasteiger partial charge in [-0.05, 0) is 70.1 Å². The van der Waals surface area contributed by atoms with E-state index in [1.165, 1.54) is 7.11 Å². The fourth-order valence-corrected chi connectivity index (χ4v) is 3.42. The number of rotatable bonds is 8. The molecule has 1 aromatic rings. The van der Waals surface area contributed by atoms with Gasteiger partial charge < -0.3 is 18.8 Å². The molecule has 6 heteroatoms. The molecule has 0 unspecified atom stereocenters. The van der Waals surface area contributed by atoms with Crippen LogP contribution in [0.25, 0.3) is 0 Å². The largest absolute Gasteiger partial charge is 0.495 e. The molecule has 0 radical (unpaired) electrons. The highest BCUT2D eigenvalue weighted by Crippen LogP contribution is 2.37. The van der Waals surface area contributed by atoms with Crippen LogP contribution in [0.15, 0.2) is 18.2 Å². The van der Waals surface area contributed by atoms with Crippen LogP contribution in [-0.4, -0.2) is 38.0 Å². The quantitative estimate of drug-likeness (QED) is 0.498. The van der Waals surface area contributed by atoms with Crippen molar-refractivity contribution in [1.82, 2.24) is 0 Å². The van der Waals surface area contributed by atoms with Crippen LogP contribution < -0.4 is 10.2 Å². The van der Waals surface area contributed by atoms with Gasteiger partial charge in [0.15, 0.2) is 0 Å². The molecule has 0 N–H and O–H groups in total. The van der Waals surface area contributed by atoms with Gasteiger partial charge in [0, 0.05) is 0 Å². The van der Waals surface area contributed by atoms with Crippen molar-refractivity contribution >= 4 is 18.6 Å². The average Bonchev–Trinajstić information content (AvgIpc) is 2.89. The van der Waals surface area contributed by atoms with E-state index in [9.17, 15) is 4.79 Å². The van der Waals surface area contributed by atoms with Crippen LogP contribution in [0.3, 0.4) is 0 Å². The first-order valence-electron chi connectivity index (χ1n) is 10.3. The summed E-state index contributed by atoms with van der Waals surface area (Å²) < 4.78 is 23.4. The minimum absolute atomic E-state index is 0.220. The zero-order valence-corrected chi connectivity index (χ0v) is 18.7. The molecule has 0 spiro atoms. The molecular formula is C22H35BO5. The van der Waals surface area contributed by atoms with Crippen molar-refractivity contribution in [2.75, 3.05) is 13.7 Å². The van der Waals surface area contributed by atoms with E-state index in [0.717, 1.165) is 23.2 Å². The summed E-state index contributed by atoms with van der Waals surface area (Å²) in [5.74, 6) is 0.523. The van der Waals surface area contributed by atoms with E-state index >= 15 is 0 Å². The molecule has 1 saturated heterocycles. The van der Waals surface area contributed by atoms with Crippen molar-refractivity contribution in [3.05, 3.63) is 23.8 Å². The van der Waals surface area contributed by atoms with Crippen LogP contribution in [0.4, 0.5) is 0 Å². The predicted octanol–water partition coefficient (Wildman–Crippen LogP) is 3.91. The van der Waals surface area contributed by atoms with Crippen LogP contribution in [0.1, 0.15) is 66.9 Å². The molecule has 1 aromatic carbocycles. The van der Waals surface area contributed by atoms with Crippen LogP contribution in [-0.2, 0) is 25.3 Å². The lowest BCUT2D eigenvalue weighted by Crippen LogP contribution is -2.41. The third-order valence-electron chi connectivity index (χ3n) is 6.49. The number of ether oxygens (including phenoxy) is 2. The Balaban J connectivity index is 2.21. The lowest BCUT2D eigenvalue weighted by Gasteiger charge is -2.32. The third-order valence-corrected chi connectivity index (χ3v) is 6.49. The number of carbonyl (C=O) groups excluding carboxylic acids is 1. The van der Waals surface area contributed by atoms with Crippen molar-refractivity contribution in [2.45, 2.75) is 78.9 Å². The Labute approximate surface area is 170 Å². The van der Waals surface area contributed by atoms with Gasteiger partial charge in [0.25, 0.3) is 0 Å². The van der Waals surface area contributed by atoms with Crippen LogP contribution in [0.5, 0.6) is 5.75 Å². The smallest absolute Gasteiger partial charge is 0.492 e. The minimum Gasteiger partial charge on any atom is -0.492 e. The summed E-state index contributed by atoms with van der Waals surface area (Å²) in [6, 6.07) is 5.95. The molecule has 156 valence electrons. The number of carbonyl (C=O) groups is 1. The maximum absolute atomic E-state index is 12.3. The van der Waals surface area contributed by atoms with Gasteiger partial charge in [-0.25, -0.2) is 0 Å². The molecule has 2 rings (SSSR count). The fraction of sp³-hybridized carbons (Fsp3) is 0.682. The molecule has 1 fully saturated rings. The van der Waals surface area contributed by atoms with Crippen molar-refractivity contribution in [3.8, 4) is 5.75 Å². The first kappa shape index (κ1) is 22.8. The maximum atomic E-state index is 12.3. The molecule has 1 aliphatic heterocycles. The summed E-state index contributed by atoms with van der Waals surface area (Å²) in [7, 11) is 1.03. The molecule has 0 saturated carbocycles. The number of esters is 1. The molecule has 0 aromatic heterocycles. The molecule has 0 aliphatic carbocycles. The first-order valence-corrected chi connectivity index (χ1v) is 10.3. The summed E-state index contributed by atoms with van der Waals surface area (Å²) in [6.45, 7) is 14.6. The minimum atomic E-state index is -0.620. The van der Waals surface area contributed by atoms with E-state index in [4.69, 9.17) is 18.8 Å². The Hall–Kier alpha value is -1.53. The van der Waals surface area contributed by atoms with E-state index in [1.54, 1.807) is 0 Å². The molecule has 5 nitrogen and oxygen atoms in total. The summed E-state index contributed by atoms with van der Waals surface area (Å²) in [4.78, 5) is 12.3. The summed E-state index contributed by atoms with van der Waals surface area (Å²) in [5.41, 5.74) is 0.776. The lowest BCUT2D eigenvalue weighted by atomic mass is 9.75. The molecular weight excluding hydrogens is 355 g/mol. The third kappa shape index (κ3) is 4.23. The summed E-state index contributed by atoms with van der Waals surface area (Å²) in [5, 5.41) is 0. The second kappa shape index (κ2) is 8.46. The highest BCUT2D eigenvalue weighted by molar-refractivity contribution is 6.62. The Morgan fingerprint density at radius 1 is 1.07 bits per heavy atom.